The zero-order chi connectivity index (χ0) is 24.4. The highest BCUT2D eigenvalue weighted by molar-refractivity contribution is 6.09. The summed E-state index contributed by atoms with van der Waals surface area (Å²) >= 11 is 0. The number of carbonyl (C=O) groups excluding carboxylic acids is 1. The van der Waals surface area contributed by atoms with E-state index in [0.717, 1.165) is 93.1 Å². The van der Waals surface area contributed by atoms with E-state index in [0.29, 0.717) is 18.5 Å². The Hall–Kier alpha value is -3.07. The smallest absolute Gasteiger partial charge is 0.255 e. The van der Waals surface area contributed by atoms with Crippen LogP contribution in [0.1, 0.15) is 47.8 Å². The first-order valence-corrected chi connectivity index (χ1v) is 12.6. The van der Waals surface area contributed by atoms with Crippen LogP contribution in [0, 0.1) is 11.6 Å². The lowest BCUT2D eigenvalue weighted by molar-refractivity contribution is 0.0953. The summed E-state index contributed by atoms with van der Waals surface area (Å²) in [6, 6.07) is 4.13. The lowest BCUT2D eigenvalue weighted by atomic mass is 10.1. The Labute approximate surface area is 204 Å². The number of aromatic nitrogens is 3. The number of anilines is 1. The molecule has 2 aliphatic heterocycles. The fraction of sp³-hybridized carbons (Fsp3) is 0.500. The molecule has 7 nitrogen and oxygen atoms in total. The molecule has 0 unspecified atom stereocenters. The molecule has 2 aromatic heterocycles. The summed E-state index contributed by atoms with van der Waals surface area (Å²) in [7, 11) is 0. The predicted octanol–water partition coefficient (Wildman–Crippen LogP) is 3.55. The van der Waals surface area contributed by atoms with Crippen LogP contribution in [0.4, 0.5) is 14.6 Å². The molecule has 5 rings (SSSR count). The van der Waals surface area contributed by atoms with Crippen LogP contribution in [-0.4, -0.2) is 64.6 Å². The van der Waals surface area contributed by atoms with Crippen molar-refractivity contribution in [3.05, 3.63) is 53.0 Å². The maximum atomic E-state index is 13.5. The summed E-state index contributed by atoms with van der Waals surface area (Å²) in [6.07, 6.45) is 6.18. The number of nitrogens with one attached hydrogen (secondary N) is 1. The van der Waals surface area contributed by atoms with Crippen molar-refractivity contribution < 1.29 is 13.6 Å². The van der Waals surface area contributed by atoms with E-state index in [1.165, 1.54) is 12.1 Å². The van der Waals surface area contributed by atoms with E-state index in [1.54, 1.807) is 12.4 Å². The highest BCUT2D eigenvalue weighted by Crippen LogP contribution is 2.34. The lowest BCUT2D eigenvalue weighted by Gasteiger charge is -2.35. The minimum absolute atomic E-state index is 0.0424. The second-order valence-corrected chi connectivity index (χ2v) is 9.41. The molecule has 0 aliphatic carbocycles. The predicted molar refractivity (Wildman–Crippen MR) is 132 cm³/mol. The molecule has 0 saturated carbocycles. The number of fused-ring (bicyclic) bond motifs is 3. The number of hydrogen-bond acceptors (Lipinski definition) is 5. The standard InChI is InChI=1S/C26H32F2N6O/c1-2-9-29-26(35)22-21-5-3-4-10-34(21)24-23(22)30-17-31-25(24)33-14-12-32(13-15-33)11-8-18-6-7-19(27)20(28)16-18/h6-7,16-17H,2-5,8-15H2,1H3,(H,29,35). The van der Waals surface area contributed by atoms with Crippen LogP contribution in [0.5, 0.6) is 0 Å². The summed E-state index contributed by atoms with van der Waals surface area (Å²) in [4.78, 5) is 26.9. The molecule has 2 aliphatic rings. The second kappa shape index (κ2) is 10.3. The molecular weight excluding hydrogens is 450 g/mol. The van der Waals surface area contributed by atoms with Crippen molar-refractivity contribution in [3.63, 3.8) is 0 Å². The van der Waals surface area contributed by atoms with Gasteiger partial charge in [-0.15, -0.1) is 0 Å². The number of piperazine rings is 1. The topological polar surface area (TPSA) is 66.3 Å². The number of hydrogen-bond donors (Lipinski definition) is 1. The lowest BCUT2D eigenvalue weighted by Crippen LogP contribution is -2.47. The van der Waals surface area contributed by atoms with Crippen molar-refractivity contribution in [3.8, 4) is 0 Å². The molecule has 3 aromatic rings. The fourth-order valence-corrected chi connectivity index (χ4v) is 5.24. The SMILES string of the molecule is CCCNC(=O)c1c2n(c3c(N4CCN(CCc5ccc(F)c(F)c5)CC4)ncnc13)CCCC2. The molecule has 186 valence electrons. The van der Waals surface area contributed by atoms with Gasteiger partial charge in [0.25, 0.3) is 5.91 Å². The molecule has 0 spiro atoms. The summed E-state index contributed by atoms with van der Waals surface area (Å²) in [5, 5.41) is 3.04. The Bertz CT molecular complexity index is 1220. The third-order valence-electron chi connectivity index (χ3n) is 7.10. The zero-order valence-electron chi connectivity index (χ0n) is 20.2. The van der Waals surface area contributed by atoms with E-state index in [2.05, 4.69) is 29.7 Å². The van der Waals surface area contributed by atoms with Crippen LogP contribution in [-0.2, 0) is 19.4 Å². The minimum Gasteiger partial charge on any atom is -0.352 e. The van der Waals surface area contributed by atoms with Gasteiger partial charge in [0.15, 0.2) is 17.5 Å². The van der Waals surface area contributed by atoms with Crippen molar-refractivity contribution in [2.75, 3.05) is 44.2 Å². The van der Waals surface area contributed by atoms with Crippen molar-refractivity contribution in [1.29, 1.82) is 0 Å². The van der Waals surface area contributed by atoms with Crippen LogP contribution >= 0.6 is 0 Å². The quantitative estimate of drug-likeness (QED) is 0.558. The van der Waals surface area contributed by atoms with Gasteiger partial charge >= 0.3 is 0 Å². The molecule has 1 amide bonds. The molecular formula is C26H32F2N6O. The van der Waals surface area contributed by atoms with Crippen molar-refractivity contribution >= 4 is 22.8 Å². The Kier molecular flexibility index (Phi) is 6.95. The summed E-state index contributed by atoms with van der Waals surface area (Å²) in [5.41, 5.74) is 4.31. The monoisotopic (exact) mass is 482 g/mol. The van der Waals surface area contributed by atoms with E-state index >= 15 is 0 Å². The third kappa shape index (κ3) is 4.74. The Balaban J connectivity index is 1.34. The Morgan fingerprint density at radius 2 is 1.89 bits per heavy atom. The maximum Gasteiger partial charge on any atom is 0.255 e. The van der Waals surface area contributed by atoms with E-state index in [-0.39, 0.29) is 5.91 Å². The number of amides is 1. The van der Waals surface area contributed by atoms with Crippen LogP contribution in [0.3, 0.4) is 0 Å². The van der Waals surface area contributed by atoms with Gasteiger partial charge in [-0.2, -0.15) is 0 Å². The maximum absolute atomic E-state index is 13.5. The van der Waals surface area contributed by atoms with Gasteiger partial charge in [-0.3, -0.25) is 9.69 Å². The van der Waals surface area contributed by atoms with Gasteiger partial charge in [0, 0.05) is 51.5 Å². The Morgan fingerprint density at radius 1 is 1.06 bits per heavy atom. The third-order valence-corrected chi connectivity index (χ3v) is 7.10. The Morgan fingerprint density at radius 3 is 2.66 bits per heavy atom. The molecule has 1 N–H and O–H groups in total. The van der Waals surface area contributed by atoms with E-state index in [1.807, 2.05) is 6.92 Å². The molecule has 1 fully saturated rings. The highest BCUT2D eigenvalue weighted by atomic mass is 19.2. The highest BCUT2D eigenvalue weighted by Gasteiger charge is 2.29. The van der Waals surface area contributed by atoms with E-state index < -0.39 is 11.6 Å². The fourth-order valence-electron chi connectivity index (χ4n) is 5.24. The number of carbonyl (C=O) groups is 1. The van der Waals surface area contributed by atoms with Crippen LogP contribution < -0.4 is 10.2 Å². The van der Waals surface area contributed by atoms with Gasteiger partial charge in [-0.05, 0) is 49.8 Å². The number of aryl methyl sites for hydroxylation is 1. The average Bonchev–Trinajstić information content (AvgIpc) is 3.23. The average molecular weight is 483 g/mol. The van der Waals surface area contributed by atoms with Gasteiger partial charge in [-0.1, -0.05) is 13.0 Å². The molecule has 1 saturated heterocycles. The molecule has 0 bridgehead atoms. The van der Waals surface area contributed by atoms with Crippen molar-refractivity contribution in [1.82, 2.24) is 24.8 Å². The normalized spacial score (nSPS) is 16.5. The number of rotatable bonds is 7. The summed E-state index contributed by atoms with van der Waals surface area (Å²) < 4.78 is 29.0. The van der Waals surface area contributed by atoms with Gasteiger partial charge in [0.2, 0.25) is 0 Å². The van der Waals surface area contributed by atoms with Crippen LogP contribution in [0.15, 0.2) is 24.5 Å². The van der Waals surface area contributed by atoms with Gasteiger partial charge in [0.05, 0.1) is 5.56 Å². The van der Waals surface area contributed by atoms with E-state index in [9.17, 15) is 13.6 Å². The summed E-state index contributed by atoms with van der Waals surface area (Å²) in [5.74, 6) is -0.748. The zero-order valence-corrected chi connectivity index (χ0v) is 20.2. The first-order valence-electron chi connectivity index (χ1n) is 12.6. The molecule has 9 heteroatoms. The van der Waals surface area contributed by atoms with Gasteiger partial charge in [-0.25, -0.2) is 18.7 Å². The molecule has 0 atom stereocenters. The largest absolute Gasteiger partial charge is 0.352 e. The number of halogens is 2. The van der Waals surface area contributed by atoms with Crippen molar-refractivity contribution in [2.24, 2.45) is 0 Å². The van der Waals surface area contributed by atoms with Crippen LogP contribution in [0.2, 0.25) is 0 Å². The first kappa shape index (κ1) is 23.7. The molecule has 1 aromatic carbocycles. The molecule has 35 heavy (non-hydrogen) atoms. The van der Waals surface area contributed by atoms with Crippen molar-refractivity contribution in [2.45, 2.75) is 45.6 Å². The minimum atomic E-state index is -0.808. The number of benzene rings is 1. The van der Waals surface area contributed by atoms with Crippen LogP contribution in [0.25, 0.3) is 11.0 Å². The van der Waals surface area contributed by atoms with Gasteiger partial charge < -0.3 is 14.8 Å². The first-order chi connectivity index (χ1) is 17.1. The molecule has 0 radical (unpaired) electrons. The summed E-state index contributed by atoms with van der Waals surface area (Å²) in [6.45, 7) is 7.69. The van der Waals surface area contributed by atoms with E-state index in [4.69, 9.17) is 0 Å². The number of nitrogens with zero attached hydrogens (tertiary/aromatic N) is 5. The second-order valence-electron chi connectivity index (χ2n) is 9.41. The molecule has 4 heterocycles. The van der Waals surface area contributed by atoms with Gasteiger partial charge in [0.1, 0.15) is 17.4 Å².